The standard InChI is InChI=1S/C15H21FN2O3S/c1-22(20,21)17-11-13-7-4-5-9-18(13)15(19)10-12-6-2-3-8-14(12)16/h2-3,6,8,13,17H,4-5,7,9-11H2,1H3/t13-/m1/s1. The fourth-order valence-electron chi connectivity index (χ4n) is 2.69. The number of hydrogen-bond donors (Lipinski definition) is 1. The summed E-state index contributed by atoms with van der Waals surface area (Å²) in [6.45, 7) is 0.797. The number of nitrogens with one attached hydrogen (secondary N) is 1. The third-order valence-electron chi connectivity index (χ3n) is 3.83. The normalized spacial score (nSPS) is 19.2. The highest BCUT2D eigenvalue weighted by Crippen LogP contribution is 2.19. The predicted molar refractivity (Wildman–Crippen MR) is 82.3 cm³/mol. The molecular formula is C15H21FN2O3S. The molecule has 0 bridgehead atoms. The van der Waals surface area contributed by atoms with Crippen molar-refractivity contribution in [1.29, 1.82) is 0 Å². The van der Waals surface area contributed by atoms with E-state index >= 15 is 0 Å². The molecule has 1 N–H and O–H groups in total. The lowest BCUT2D eigenvalue weighted by atomic mass is 10.0. The van der Waals surface area contributed by atoms with Gasteiger partial charge < -0.3 is 4.90 Å². The van der Waals surface area contributed by atoms with Gasteiger partial charge in [-0.1, -0.05) is 18.2 Å². The molecule has 122 valence electrons. The number of carbonyl (C=O) groups is 1. The van der Waals surface area contributed by atoms with Crippen LogP contribution in [0, 0.1) is 5.82 Å². The van der Waals surface area contributed by atoms with Crippen LogP contribution in [-0.2, 0) is 21.2 Å². The molecule has 0 saturated carbocycles. The van der Waals surface area contributed by atoms with Gasteiger partial charge in [0, 0.05) is 19.1 Å². The van der Waals surface area contributed by atoms with Gasteiger partial charge in [0.2, 0.25) is 15.9 Å². The van der Waals surface area contributed by atoms with E-state index in [1.165, 1.54) is 6.07 Å². The van der Waals surface area contributed by atoms with E-state index in [4.69, 9.17) is 0 Å². The topological polar surface area (TPSA) is 66.5 Å². The number of benzene rings is 1. The molecule has 2 rings (SSSR count). The Morgan fingerprint density at radius 3 is 2.77 bits per heavy atom. The molecule has 1 saturated heterocycles. The summed E-state index contributed by atoms with van der Waals surface area (Å²) in [5.74, 6) is -0.552. The zero-order valence-corrected chi connectivity index (χ0v) is 13.4. The summed E-state index contributed by atoms with van der Waals surface area (Å²) in [7, 11) is -3.29. The number of halogens is 1. The van der Waals surface area contributed by atoms with Crippen molar-refractivity contribution in [3.05, 3.63) is 35.6 Å². The van der Waals surface area contributed by atoms with E-state index in [0.717, 1.165) is 25.5 Å². The minimum atomic E-state index is -3.29. The molecule has 1 aliphatic heterocycles. The van der Waals surface area contributed by atoms with Crippen LogP contribution in [0.1, 0.15) is 24.8 Å². The molecule has 0 aromatic heterocycles. The first kappa shape index (κ1) is 16.9. The maximum absolute atomic E-state index is 13.7. The lowest BCUT2D eigenvalue weighted by Gasteiger charge is -2.36. The summed E-state index contributed by atoms with van der Waals surface area (Å²) in [4.78, 5) is 14.1. The molecule has 1 aromatic carbocycles. The zero-order chi connectivity index (χ0) is 16.2. The Bertz CT molecular complexity index is 633. The Morgan fingerprint density at radius 2 is 2.09 bits per heavy atom. The molecule has 0 aliphatic carbocycles. The molecule has 1 aliphatic rings. The maximum Gasteiger partial charge on any atom is 0.227 e. The summed E-state index contributed by atoms with van der Waals surface area (Å²) in [6, 6.07) is 6.05. The number of rotatable bonds is 5. The van der Waals surface area contributed by atoms with E-state index in [2.05, 4.69) is 4.72 Å². The van der Waals surface area contributed by atoms with Crippen LogP contribution in [0.3, 0.4) is 0 Å². The first-order chi connectivity index (χ1) is 10.4. The monoisotopic (exact) mass is 328 g/mol. The molecule has 22 heavy (non-hydrogen) atoms. The third kappa shape index (κ3) is 4.78. The van der Waals surface area contributed by atoms with Crippen LogP contribution in [0.4, 0.5) is 4.39 Å². The number of sulfonamides is 1. The number of hydrogen-bond acceptors (Lipinski definition) is 3. The van der Waals surface area contributed by atoms with Crippen molar-refractivity contribution < 1.29 is 17.6 Å². The van der Waals surface area contributed by atoms with E-state index in [1.54, 1.807) is 23.1 Å². The number of carbonyl (C=O) groups excluding carboxylic acids is 1. The first-order valence-corrected chi connectivity index (χ1v) is 9.23. The van der Waals surface area contributed by atoms with Gasteiger partial charge in [-0.25, -0.2) is 17.5 Å². The van der Waals surface area contributed by atoms with Gasteiger partial charge in [-0.3, -0.25) is 4.79 Å². The Kier molecular flexibility index (Phi) is 5.52. The van der Waals surface area contributed by atoms with Crippen LogP contribution >= 0.6 is 0 Å². The Morgan fingerprint density at radius 1 is 1.36 bits per heavy atom. The highest BCUT2D eigenvalue weighted by atomic mass is 32.2. The quantitative estimate of drug-likeness (QED) is 0.886. The van der Waals surface area contributed by atoms with Gasteiger partial charge in [0.1, 0.15) is 5.82 Å². The number of amides is 1. The summed E-state index contributed by atoms with van der Waals surface area (Å²) in [5, 5.41) is 0. The lowest BCUT2D eigenvalue weighted by molar-refractivity contribution is -0.134. The van der Waals surface area contributed by atoms with E-state index in [1.807, 2.05) is 0 Å². The van der Waals surface area contributed by atoms with Crippen molar-refractivity contribution in [2.45, 2.75) is 31.7 Å². The van der Waals surface area contributed by atoms with E-state index in [0.29, 0.717) is 12.1 Å². The summed E-state index contributed by atoms with van der Waals surface area (Å²) < 4.78 is 38.6. The molecule has 1 amide bonds. The lowest BCUT2D eigenvalue weighted by Crippen LogP contribution is -2.49. The van der Waals surface area contributed by atoms with Crippen LogP contribution in [-0.4, -0.2) is 44.6 Å². The molecule has 1 heterocycles. The van der Waals surface area contributed by atoms with Crippen molar-refractivity contribution in [1.82, 2.24) is 9.62 Å². The largest absolute Gasteiger partial charge is 0.338 e. The maximum atomic E-state index is 13.7. The van der Waals surface area contributed by atoms with Crippen molar-refractivity contribution >= 4 is 15.9 Å². The second kappa shape index (κ2) is 7.19. The highest BCUT2D eigenvalue weighted by Gasteiger charge is 2.27. The number of piperidine rings is 1. The van der Waals surface area contributed by atoms with E-state index in [-0.39, 0.29) is 24.9 Å². The molecule has 0 spiro atoms. The minimum Gasteiger partial charge on any atom is -0.338 e. The fraction of sp³-hybridized carbons (Fsp3) is 0.533. The van der Waals surface area contributed by atoms with Gasteiger partial charge in [0.25, 0.3) is 0 Å². The van der Waals surface area contributed by atoms with E-state index in [9.17, 15) is 17.6 Å². The SMILES string of the molecule is CS(=O)(=O)NC[C@H]1CCCCN1C(=O)Cc1ccccc1F. The van der Waals surface area contributed by atoms with Gasteiger partial charge in [-0.05, 0) is 30.9 Å². The Balaban J connectivity index is 2.03. The molecule has 1 atom stereocenters. The van der Waals surface area contributed by atoms with Crippen LogP contribution in [0.25, 0.3) is 0 Å². The predicted octanol–water partition coefficient (Wildman–Crippen LogP) is 1.30. The van der Waals surface area contributed by atoms with Crippen LogP contribution in [0.5, 0.6) is 0 Å². The number of nitrogens with zero attached hydrogens (tertiary/aromatic N) is 1. The third-order valence-corrected chi connectivity index (χ3v) is 4.52. The van der Waals surface area contributed by atoms with Gasteiger partial charge in [-0.15, -0.1) is 0 Å². The van der Waals surface area contributed by atoms with Gasteiger partial charge in [0.05, 0.1) is 12.7 Å². The molecule has 1 fully saturated rings. The van der Waals surface area contributed by atoms with Gasteiger partial charge >= 0.3 is 0 Å². The van der Waals surface area contributed by atoms with Crippen LogP contribution in [0.2, 0.25) is 0 Å². The average Bonchev–Trinajstić information content (AvgIpc) is 2.47. The molecule has 7 heteroatoms. The molecule has 0 unspecified atom stereocenters. The van der Waals surface area contributed by atoms with Crippen LogP contribution < -0.4 is 4.72 Å². The zero-order valence-electron chi connectivity index (χ0n) is 12.6. The van der Waals surface area contributed by atoms with Crippen LogP contribution in [0.15, 0.2) is 24.3 Å². The molecule has 5 nitrogen and oxygen atoms in total. The van der Waals surface area contributed by atoms with Gasteiger partial charge in [-0.2, -0.15) is 0 Å². The smallest absolute Gasteiger partial charge is 0.227 e. The number of likely N-dealkylation sites (tertiary alicyclic amines) is 1. The van der Waals surface area contributed by atoms with E-state index < -0.39 is 15.8 Å². The molecule has 1 aromatic rings. The minimum absolute atomic E-state index is 0.00203. The van der Waals surface area contributed by atoms with Gasteiger partial charge in [0.15, 0.2) is 0 Å². The fourth-order valence-corrected chi connectivity index (χ4v) is 3.19. The molecular weight excluding hydrogens is 307 g/mol. The highest BCUT2D eigenvalue weighted by molar-refractivity contribution is 7.88. The molecule has 0 radical (unpaired) electrons. The van der Waals surface area contributed by atoms with Crippen molar-refractivity contribution in [2.75, 3.05) is 19.3 Å². The van der Waals surface area contributed by atoms with Crippen molar-refractivity contribution in [2.24, 2.45) is 0 Å². The van der Waals surface area contributed by atoms with Crippen molar-refractivity contribution in [3.63, 3.8) is 0 Å². The summed E-state index contributed by atoms with van der Waals surface area (Å²) >= 11 is 0. The summed E-state index contributed by atoms with van der Waals surface area (Å²) in [6.07, 6.45) is 3.70. The van der Waals surface area contributed by atoms with Crippen molar-refractivity contribution in [3.8, 4) is 0 Å². The summed E-state index contributed by atoms with van der Waals surface area (Å²) in [5.41, 5.74) is 0.368. The average molecular weight is 328 g/mol. The second-order valence-electron chi connectivity index (χ2n) is 5.63. The Hall–Kier alpha value is -1.47. The first-order valence-electron chi connectivity index (χ1n) is 7.34. The second-order valence-corrected chi connectivity index (χ2v) is 7.46. The Labute approximate surface area is 130 Å².